The molecule has 0 fully saturated rings. The second kappa shape index (κ2) is 15.3. The Kier molecular flexibility index (Phi) is 14.6. The highest BCUT2D eigenvalue weighted by Gasteiger charge is 2.00. The lowest BCUT2D eigenvalue weighted by Gasteiger charge is -2.02. The molecule has 0 bridgehead atoms. The fourth-order valence-electron chi connectivity index (χ4n) is 1.96. The Hall–Kier alpha value is -0.790. The third kappa shape index (κ3) is 15.2. The first-order chi connectivity index (χ1) is 9.31. The van der Waals surface area contributed by atoms with E-state index < -0.39 is 0 Å². The van der Waals surface area contributed by atoms with Gasteiger partial charge in [0, 0.05) is 6.42 Å². The van der Waals surface area contributed by atoms with Crippen molar-refractivity contribution in [2.24, 2.45) is 0 Å². The molecule has 0 aliphatic rings. The fourth-order valence-corrected chi connectivity index (χ4v) is 1.96. The van der Waals surface area contributed by atoms with E-state index in [1.54, 1.807) is 0 Å². The lowest BCUT2D eigenvalue weighted by atomic mass is 10.1. The number of hydrogen-bond acceptors (Lipinski definition) is 2. The van der Waals surface area contributed by atoms with Gasteiger partial charge in [0.15, 0.2) is 0 Å². The summed E-state index contributed by atoms with van der Waals surface area (Å²) in [6, 6.07) is 0. The van der Waals surface area contributed by atoms with Crippen molar-refractivity contribution in [3.05, 3.63) is 12.2 Å². The second-order valence-corrected chi connectivity index (χ2v) is 5.17. The molecule has 19 heavy (non-hydrogen) atoms. The molecule has 0 rings (SSSR count). The van der Waals surface area contributed by atoms with Crippen molar-refractivity contribution in [2.45, 2.75) is 84.5 Å². The number of unbranched alkanes of at least 4 members (excludes halogenated alkanes) is 8. The number of carbonyl (C=O) groups is 1. The van der Waals surface area contributed by atoms with Crippen LogP contribution in [0.1, 0.15) is 84.5 Å². The molecule has 0 aromatic heterocycles. The minimum absolute atomic E-state index is 0.0490. The van der Waals surface area contributed by atoms with Crippen LogP contribution in [0.15, 0.2) is 12.2 Å². The van der Waals surface area contributed by atoms with Gasteiger partial charge in [-0.25, -0.2) is 0 Å². The maximum Gasteiger partial charge on any atom is 0.306 e. The van der Waals surface area contributed by atoms with Crippen molar-refractivity contribution in [1.82, 2.24) is 0 Å². The van der Waals surface area contributed by atoms with Crippen LogP contribution in [0, 0.1) is 0 Å². The Bertz CT molecular complexity index is 221. The van der Waals surface area contributed by atoms with E-state index in [0.29, 0.717) is 13.0 Å². The van der Waals surface area contributed by atoms with E-state index in [0.717, 1.165) is 19.3 Å². The third-order valence-electron chi connectivity index (χ3n) is 3.22. The SMILES string of the molecule is CCCCCCC=CCOC(=O)CCCCCCC. The van der Waals surface area contributed by atoms with Crippen LogP contribution < -0.4 is 0 Å². The maximum absolute atomic E-state index is 11.4. The standard InChI is InChI=1S/C17H32O2/c1-3-5-7-9-10-12-14-16-19-17(18)15-13-11-8-6-4-2/h12,14H,3-11,13,15-16H2,1-2H3. The van der Waals surface area contributed by atoms with E-state index in [2.05, 4.69) is 19.9 Å². The van der Waals surface area contributed by atoms with Crippen molar-refractivity contribution >= 4 is 5.97 Å². The first-order valence-electron chi connectivity index (χ1n) is 8.11. The molecule has 0 aliphatic heterocycles. The quantitative estimate of drug-likeness (QED) is 0.253. The Labute approximate surface area is 119 Å². The number of ether oxygens (including phenoxy) is 1. The molecule has 0 amide bonds. The van der Waals surface area contributed by atoms with Gasteiger partial charge in [-0.05, 0) is 19.3 Å². The molecular formula is C17H32O2. The van der Waals surface area contributed by atoms with E-state index >= 15 is 0 Å². The summed E-state index contributed by atoms with van der Waals surface area (Å²) in [6.45, 7) is 4.86. The van der Waals surface area contributed by atoms with Gasteiger partial charge in [-0.3, -0.25) is 4.79 Å². The molecule has 2 heteroatoms. The molecule has 0 radical (unpaired) electrons. The number of esters is 1. The molecule has 112 valence electrons. The zero-order valence-corrected chi connectivity index (χ0v) is 13.0. The van der Waals surface area contributed by atoms with E-state index in [4.69, 9.17) is 4.74 Å². The first-order valence-corrected chi connectivity index (χ1v) is 8.11. The molecule has 0 saturated heterocycles. The molecule has 0 N–H and O–H groups in total. The smallest absolute Gasteiger partial charge is 0.306 e. The number of rotatable bonds is 13. The Morgan fingerprint density at radius 3 is 2.16 bits per heavy atom. The van der Waals surface area contributed by atoms with E-state index in [9.17, 15) is 4.79 Å². The Morgan fingerprint density at radius 1 is 0.842 bits per heavy atom. The van der Waals surface area contributed by atoms with Crippen LogP contribution in [-0.2, 0) is 9.53 Å². The summed E-state index contributed by atoms with van der Waals surface area (Å²) in [7, 11) is 0. The van der Waals surface area contributed by atoms with Crippen molar-refractivity contribution in [1.29, 1.82) is 0 Å². The van der Waals surface area contributed by atoms with Crippen LogP contribution in [0.5, 0.6) is 0 Å². The van der Waals surface area contributed by atoms with Crippen LogP contribution in [0.2, 0.25) is 0 Å². The van der Waals surface area contributed by atoms with E-state index in [1.807, 2.05) is 6.08 Å². The summed E-state index contributed by atoms with van der Waals surface area (Å²) >= 11 is 0. The summed E-state index contributed by atoms with van der Waals surface area (Å²) in [5, 5.41) is 0. The lowest BCUT2D eigenvalue weighted by molar-refractivity contribution is -0.142. The van der Waals surface area contributed by atoms with Crippen molar-refractivity contribution in [3.8, 4) is 0 Å². The largest absolute Gasteiger partial charge is 0.461 e. The van der Waals surface area contributed by atoms with E-state index in [1.165, 1.54) is 44.9 Å². The minimum Gasteiger partial charge on any atom is -0.461 e. The molecule has 0 heterocycles. The van der Waals surface area contributed by atoms with Crippen LogP contribution >= 0.6 is 0 Å². The molecule has 0 saturated carbocycles. The van der Waals surface area contributed by atoms with Crippen LogP contribution in [0.3, 0.4) is 0 Å². The average molecular weight is 268 g/mol. The maximum atomic E-state index is 11.4. The molecule has 0 spiro atoms. The van der Waals surface area contributed by atoms with Crippen LogP contribution in [-0.4, -0.2) is 12.6 Å². The number of allylic oxidation sites excluding steroid dienone is 1. The summed E-state index contributed by atoms with van der Waals surface area (Å²) in [6.07, 6.45) is 16.8. The van der Waals surface area contributed by atoms with Gasteiger partial charge >= 0.3 is 5.97 Å². The third-order valence-corrected chi connectivity index (χ3v) is 3.22. The van der Waals surface area contributed by atoms with Gasteiger partial charge in [0.25, 0.3) is 0 Å². The molecule has 0 atom stereocenters. The fraction of sp³-hybridized carbons (Fsp3) is 0.824. The van der Waals surface area contributed by atoms with Gasteiger partial charge in [0.2, 0.25) is 0 Å². The van der Waals surface area contributed by atoms with Gasteiger partial charge in [0.1, 0.15) is 6.61 Å². The zero-order chi connectivity index (χ0) is 14.2. The normalized spacial score (nSPS) is 11.1. The monoisotopic (exact) mass is 268 g/mol. The second-order valence-electron chi connectivity index (χ2n) is 5.17. The number of carbonyl (C=O) groups excluding carboxylic acids is 1. The molecule has 0 aliphatic carbocycles. The first kappa shape index (κ1) is 18.2. The summed E-state index contributed by atoms with van der Waals surface area (Å²) in [4.78, 5) is 11.4. The highest BCUT2D eigenvalue weighted by molar-refractivity contribution is 5.69. The lowest BCUT2D eigenvalue weighted by Crippen LogP contribution is -2.03. The van der Waals surface area contributed by atoms with Crippen LogP contribution in [0.4, 0.5) is 0 Å². The topological polar surface area (TPSA) is 26.3 Å². The molecule has 0 aromatic carbocycles. The van der Waals surface area contributed by atoms with Crippen molar-refractivity contribution in [2.75, 3.05) is 6.61 Å². The minimum atomic E-state index is -0.0490. The Balaban J connectivity index is 3.25. The van der Waals surface area contributed by atoms with Gasteiger partial charge in [0.05, 0.1) is 0 Å². The van der Waals surface area contributed by atoms with Crippen LogP contribution in [0.25, 0.3) is 0 Å². The molecule has 2 nitrogen and oxygen atoms in total. The van der Waals surface area contributed by atoms with Crippen molar-refractivity contribution in [3.63, 3.8) is 0 Å². The predicted molar refractivity (Wildman–Crippen MR) is 82.2 cm³/mol. The summed E-state index contributed by atoms with van der Waals surface area (Å²) in [5.74, 6) is -0.0490. The van der Waals surface area contributed by atoms with Gasteiger partial charge in [-0.1, -0.05) is 70.9 Å². The highest BCUT2D eigenvalue weighted by Crippen LogP contribution is 2.06. The molecule has 0 unspecified atom stereocenters. The van der Waals surface area contributed by atoms with Gasteiger partial charge < -0.3 is 4.74 Å². The highest BCUT2D eigenvalue weighted by atomic mass is 16.5. The zero-order valence-electron chi connectivity index (χ0n) is 13.0. The Morgan fingerprint density at radius 2 is 1.47 bits per heavy atom. The summed E-state index contributed by atoms with van der Waals surface area (Å²) < 4.78 is 5.15. The summed E-state index contributed by atoms with van der Waals surface area (Å²) in [5.41, 5.74) is 0. The number of hydrogen-bond donors (Lipinski definition) is 0. The average Bonchev–Trinajstić information content (AvgIpc) is 2.41. The van der Waals surface area contributed by atoms with E-state index in [-0.39, 0.29) is 5.97 Å². The van der Waals surface area contributed by atoms with Gasteiger partial charge in [-0.15, -0.1) is 0 Å². The van der Waals surface area contributed by atoms with Crippen molar-refractivity contribution < 1.29 is 9.53 Å². The molecular weight excluding hydrogens is 236 g/mol. The predicted octanol–water partition coefficient (Wildman–Crippen LogP) is 5.42. The van der Waals surface area contributed by atoms with Gasteiger partial charge in [-0.2, -0.15) is 0 Å². The molecule has 0 aromatic rings.